The zero-order chi connectivity index (χ0) is 15.7. The van der Waals surface area contributed by atoms with Crippen molar-refractivity contribution in [3.8, 4) is 0 Å². The van der Waals surface area contributed by atoms with Gasteiger partial charge < -0.3 is 10.3 Å². The summed E-state index contributed by atoms with van der Waals surface area (Å²) in [6.45, 7) is 2.56. The summed E-state index contributed by atoms with van der Waals surface area (Å²) in [7, 11) is -3.65. The van der Waals surface area contributed by atoms with Gasteiger partial charge in [0, 0.05) is 6.54 Å². The van der Waals surface area contributed by atoms with Crippen LogP contribution in [-0.2, 0) is 16.6 Å². The summed E-state index contributed by atoms with van der Waals surface area (Å²) in [5.74, 6) is 0.677. The quantitative estimate of drug-likeness (QED) is 0.686. The van der Waals surface area contributed by atoms with Crippen molar-refractivity contribution in [1.82, 2.24) is 9.97 Å². The minimum Gasteiger partial charge on any atom is -0.352 e. The number of benzene rings is 2. The Kier molecular flexibility index (Phi) is 3.59. The van der Waals surface area contributed by atoms with Gasteiger partial charge in [-0.15, -0.1) is 0 Å². The van der Waals surface area contributed by atoms with Crippen molar-refractivity contribution in [2.24, 2.45) is 5.14 Å². The van der Waals surface area contributed by atoms with E-state index < -0.39 is 10.0 Å². The van der Waals surface area contributed by atoms with Gasteiger partial charge in [0.25, 0.3) is 0 Å². The van der Waals surface area contributed by atoms with E-state index in [-0.39, 0.29) is 4.90 Å². The summed E-state index contributed by atoms with van der Waals surface area (Å²) < 4.78 is 22.4. The van der Waals surface area contributed by atoms with E-state index in [0.29, 0.717) is 12.5 Å². The lowest BCUT2D eigenvalue weighted by atomic mass is 10.2. The maximum atomic E-state index is 11.2. The molecule has 0 fully saturated rings. The second kappa shape index (κ2) is 5.43. The van der Waals surface area contributed by atoms with Crippen LogP contribution in [0.5, 0.6) is 0 Å². The van der Waals surface area contributed by atoms with Crippen molar-refractivity contribution >= 4 is 27.0 Å². The average molecular weight is 316 g/mol. The minimum absolute atomic E-state index is 0.107. The van der Waals surface area contributed by atoms with Gasteiger partial charge in [-0.05, 0) is 42.3 Å². The van der Waals surface area contributed by atoms with Crippen LogP contribution < -0.4 is 10.5 Å². The Morgan fingerprint density at radius 2 is 1.91 bits per heavy atom. The molecule has 6 nitrogen and oxygen atoms in total. The lowest BCUT2D eigenvalue weighted by molar-refractivity contribution is 0.598. The second-order valence-electron chi connectivity index (χ2n) is 5.15. The van der Waals surface area contributed by atoms with Gasteiger partial charge in [-0.25, -0.2) is 18.5 Å². The highest BCUT2D eigenvalue weighted by Gasteiger charge is 2.07. The monoisotopic (exact) mass is 316 g/mol. The van der Waals surface area contributed by atoms with Crippen LogP contribution in [0, 0.1) is 6.92 Å². The molecular weight excluding hydrogens is 300 g/mol. The van der Waals surface area contributed by atoms with Crippen LogP contribution in [0.25, 0.3) is 11.0 Å². The standard InChI is InChI=1S/C15H16N4O2S/c1-10-2-7-13-14(8-10)19-15(18-13)17-9-11-3-5-12(6-4-11)22(16,20)21/h2-8H,9H2,1H3,(H2,16,20,21)(H2,17,18,19). The lowest BCUT2D eigenvalue weighted by Gasteiger charge is -2.04. The predicted octanol–water partition coefficient (Wildman–Crippen LogP) is 2.13. The smallest absolute Gasteiger partial charge is 0.238 e. The van der Waals surface area contributed by atoms with Crippen LogP contribution in [0.2, 0.25) is 0 Å². The van der Waals surface area contributed by atoms with Crippen LogP contribution in [-0.4, -0.2) is 18.4 Å². The molecule has 0 bridgehead atoms. The number of rotatable bonds is 4. The SMILES string of the molecule is Cc1ccc2nc(NCc3ccc(S(N)(=O)=O)cc3)[nH]c2c1. The average Bonchev–Trinajstić information content (AvgIpc) is 2.86. The summed E-state index contributed by atoms with van der Waals surface area (Å²) in [6, 6.07) is 12.4. The highest BCUT2D eigenvalue weighted by Crippen LogP contribution is 2.16. The molecule has 0 atom stereocenters. The van der Waals surface area contributed by atoms with Crippen molar-refractivity contribution in [3.05, 3.63) is 53.6 Å². The molecule has 2 aromatic carbocycles. The first-order chi connectivity index (χ1) is 10.4. The number of nitrogens with zero attached hydrogens (tertiary/aromatic N) is 1. The molecule has 4 N–H and O–H groups in total. The zero-order valence-corrected chi connectivity index (χ0v) is 12.8. The molecule has 0 aliphatic carbocycles. The Morgan fingerprint density at radius 3 is 2.59 bits per heavy atom. The van der Waals surface area contributed by atoms with E-state index in [0.717, 1.165) is 16.6 Å². The maximum absolute atomic E-state index is 11.2. The number of aryl methyl sites for hydroxylation is 1. The summed E-state index contributed by atoms with van der Waals surface area (Å²) >= 11 is 0. The van der Waals surface area contributed by atoms with Gasteiger partial charge in [0.2, 0.25) is 16.0 Å². The maximum Gasteiger partial charge on any atom is 0.238 e. The number of nitrogens with two attached hydrogens (primary N) is 1. The van der Waals surface area contributed by atoms with Gasteiger partial charge >= 0.3 is 0 Å². The summed E-state index contributed by atoms with van der Waals surface area (Å²) in [5.41, 5.74) is 3.98. The molecule has 0 unspecified atom stereocenters. The Morgan fingerprint density at radius 1 is 1.18 bits per heavy atom. The molecule has 1 aromatic heterocycles. The van der Waals surface area contributed by atoms with Crippen molar-refractivity contribution in [2.75, 3.05) is 5.32 Å². The van der Waals surface area contributed by atoms with Crippen LogP contribution >= 0.6 is 0 Å². The fourth-order valence-corrected chi connectivity index (χ4v) is 2.71. The number of anilines is 1. The van der Waals surface area contributed by atoms with Crippen LogP contribution in [0.15, 0.2) is 47.4 Å². The number of aromatic amines is 1. The molecule has 3 aromatic rings. The number of imidazole rings is 1. The normalized spacial score (nSPS) is 11.7. The van der Waals surface area contributed by atoms with Crippen molar-refractivity contribution in [1.29, 1.82) is 0 Å². The molecule has 3 rings (SSSR count). The Labute approximate surface area is 128 Å². The topological polar surface area (TPSA) is 101 Å². The number of fused-ring (bicyclic) bond motifs is 1. The highest BCUT2D eigenvalue weighted by molar-refractivity contribution is 7.89. The number of primary sulfonamides is 1. The third kappa shape index (κ3) is 3.10. The summed E-state index contributed by atoms with van der Waals surface area (Å²) in [4.78, 5) is 7.75. The Bertz CT molecular complexity index is 914. The van der Waals surface area contributed by atoms with Crippen molar-refractivity contribution in [2.45, 2.75) is 18.4 Å². The third-order valence-electron chi connectivity index (χ3n) is 3.35. The summed E-state index contributed by atoms with van der Waals surface area (Å²) in [6.07, 6.45) is 0. The molecule has 7 heteroatoms. The lowest BCUT2D eigenvalue weighted by Crippen LogP contribution is -2.12. The van der Waals surface area contributed by atoms with E-state index in [9.17, 15) is 8.42 Å². The Balaban J connectivity index is 1.73. The number of hydrogen-bond donors (Lipinski definition) is 3. The number of H-pyrrole nitrogens is 1. The van der Waals surface area contributed by atoms with Gasteiger partial charge in [0.05, 0.1) is 15.9 Å². The van der Waals surface area contributed by atoms with E-state index in [1.165, 1.54) is 17.7 Å². The number of hydrogen-bond acceptors (Lipinski definition) is 4. The first-order valence-electron chi connectivity index (χ1n) is 6.74. The molecule has 0 aliphatic rings. The molecule has 0 aliphatic heterocycles. The molecule has 0 radical (unpaired) electrons. The molecule has 0 amide bonds. The van der Waals surface area contributed by atoms with Gasteiger partial charge in [0.1, 0.15) is 0 Å². The number of nitrogens with one attached hydrogen (secondary N) is 2. The van der Waals surface area contributed by atoms with Gasteiger partial charge in [-0.2, -0.15) is 0 Å². The molecule has 22 heavy (non-hydrogen) atoms. The van der Waals surface area contributed by atoms with Gasteiger partial charge in [-0.1, -0.05) is 18.2 Å². The molecule has 114 valence electrons. The van der Waals surface area contributed by atoms with Gasteiger partial charge in [0.15, 0.2) is 0 Å². The highest BCUT2D eigenvalue weighted by atomic mass is 32.2. The molecule has 0 saturated heterocycles. The van der Waals surface area contributed by atoms with E-state index in [2.05, 4.69) is 15.3 Å². The number of sulfonamides is 1. The first kappa shape index (κ1) is 14.6. The van der Waals surface area contributed by atoms with Crippen LogP contribution in [0.3, 0.4) is 0 Å². The molecule has 0 saturated carbocycles. The van der Waals surface area contributed by atoms with E-state index >= 15 is 0 Å². The fraction of sp³-hybridized carbons (Fsp3) is 0.133. The molecular formula is C15H16N4O2S. The largest absolute Gasteiger partial charge is 0.352 e. The zero-order valence-electron chi connectivity index (χ0n) is 12.0. The van der Waals surface area contributed by atoms with E-state index in [4.69, 9.17) is 5.14 Å². The van der Waals surface area contributed by atoms with E-state index in [1.54, 1.807) is 12.1 Å². The van der Waals surface area contributed by atoms with Crippen molar-refractivity contribution in [3.63, 3.8) is 0 Å². The number of aromatic nitrogens is 2. The van der Waals surface area contributed by atoms with Gasteiger partial charge in [-0.3, -0.25) is 0 Å². The van der Waals surface area contributed by atoms with Crippen LogP contribution in [0.1, 0.15) is 11.1 Å². The van der Waals surface area contributed by atoms with Crippen LogP contribution in [0.4, 0.5) is 5.95 Å². The second-order valence-corrected chi connectivity index (χ2v) is 6.71. The molecule has 0 spiro atoms. The fourth-order valence-electron chi connectivity index (χ4n) is 2.19. The third-order valence-corrected chi connectivity index (χ3v) is 4.28. The Hall–Kier alpha value is -2.38. The van der Waals surface area contributed by atoms with Crippen molar-refractivity contribution < 1.29 is 8.42 Å². The minimum atomic E-state index is -3.65. The van der Waals surface area contributed by atoms with E-state index in [1.807, 2.05) is 25.1 Å². The molecule has 1 heterocycles. The summed E-state index contributed by atoms with van der Waals surface area (Å²) in [5, 5.41) is 8.25. The first-order valence-corrected chi connectivity index (χ1v) is 8.28. The predicted molar refractivity (Wildman–Crippen MR) is 86.0 cm³/mol.